The van der Waals surface area contributed by atoms with Crippen molar-refractivity contribution in [2.45, 2.75) is 26.2 Å². The summed E-state index contributed by atoms with van der Waals surface area (Å²) in [7, 11) is 0. The van der Waals surface area contributed by atoms with Crippen molar-refractivity contribution in [3.8, 4) is 6.07 Å². The maximum atomic E-state index is 9.43. The quantitative estimate of drug-likeness (QED) is 0.745. The van der Waals surface area contributed by atoms with Gasteiger partial charge in [-0.2, -0.15) is 5.26 Å². The Morgan fingerprint density at radius 3 is 2.29 bits per heavy atom. The van der Waals surface area contributed by atoms with Gasteiger partial charge in [0.2, 0.25) is 0 Å². The van der Waals surface area contributed by atoms with Crippen LogP contribution in [0.3, 0.4) is 0 Å². The molecule has 0 saturated heterocycles. The van der Waals surface area contributed by atoms with E-state index in [2.05, 4.69) is 50.2 Å². The van der Waals surface area contributed by atoms with Gasteiger partial charge >= 0.3 is 0 Å². The van der Waals surface area contributed by atoms with E-state index in [0.717, 1.165) is 5.56 Å². The van der Waals surface area contributed by atoms with Gasteiger partial charge in [0.15, 0.2) is 0 Å². The zero-order chi connectivity index (χ0) is 12.5. The van der Waals surface area contributed by atoms with Crippen molar-refractivity contribution in [2.75, 3.05) is 0 Å². The number of hydrogen-bond acceptors (Lipinski definition) is 1. The molecule has 0 amide bonds. The molecule has 0 fully saturated rings. The average Bonchev–Trinajstić information content (AvgIpc) is 2.37. The lowest BCUT2D eigenvalue weighted by Crippen LogP contribution is -2.26. The largest absolute Gasteiger partial charge is 0.197 e. The SMILES string of the molecule is CC(C)C(C)(C#N)c1ccc2ccccc2c1. The Hall–Kier alpha value is -1.81. The summed E-state index contributed by atoms with van der Waals surface area (Å²) in [5.41, 5.74) is 0.693. The summed E-state index contributed by atoms with van der Waals surface area (Å²) in [6.45, 7) is 6.21. The standard InChI is InChI=1S/C16H17N/c1-12(2)16(3,11-17)15-9-8-13-6-4-5-7-14(13)10-15/h4-10,12H,1-3H3. The van der Waals surface area contributed by atoms with Crippen LogP contribution < -0.4 is 0 Å². The van der Waals surface area contributed by atoms with Gasteiger partial charge in [-0.05, 0) is 35.2 Å². The molecule has 2 aromatic carbocycles. The minimum Gasteiger partial charge on any atom is -0.197 e. The topological polar surface area (TPSA) is 23.8 Å². The van der Waals surface area contributed by atoms with Crippen molar-refractivity contribution in [1.82, 2.24) is 0 Å². The van der Waals surface area contributed by atoms with Gasteiger partial charge in [0.25, 0.3) is 0 Å². The molecule has 1 nitrogen and oxygen atoms in total. The Bertz CT molecular complexity index is 577. The van der Waals surface area contributed by atoms with E-state index < -0.39 is 5.41 Å². The molecule has 0 bridgehead atoms. The molecule has 0 spiro atoms. The number of nitrogens with zero attached hydrogens (tertiary/aromatic N) is 1. The molecule has 17 heavy (non-hydrogen) atoms. The summed E-state index contributed by atoms with van der Waals surface area (Å²) >= 11 is 0. The van der Waals surface area contributed by atoms with Crippen molar-refractivity contribution in [3.63, 3.8) is 0 Å². The second kappa shape index (κ2) is 4.22. The van der Waals surface area contributed by atoms with Crippen molar-refractivity contribution >= 4 is 10.8 Å². The predicted octanol–water partition coefficient (Wildman–Crippen LogP) is 4.28. The Labute approximate surface area is 103 Å². The number of benzene rings is 2. The first-order valence-electron chi connectivity index (χ1n) is 5.98. The summed E-state index contributed by atoms with van der Waals surface area (Å²) in [5.74, 6) is 0.300. The van der Waals surface area contributed by atoms with Crippen molar-refractivity contribution in [3.05, 3.63) is 48.0 Å². The van der Waals surface area contributed by atoms with Crippen LogP contribution in [0.2, 0.25) is 0 Å². The smallest absolute Gasteiger partial charge is 0.0817 e. The molecule has 0 aliphatic heterocycles. The second-order valence-electron chi connectivity index (χ2n) is 5.03. The predicted molar refractivity (Wildman–Crippen MR) is 71.8 cm³/mol. The summed E-state index contributed by atoms with van der Waals surface area (Å²) in [6.07, 6.45) is 0. The van der Waals surface area contributed by atoms with Gasteiger partial charge in [-0.3, -0.25) is 0 Å². The number of fused-ring (bicyclic) bond motifs is 1. The van der Waals surface area contributed by atoms with E-state index in [-0.39, 0.29) is 0 Å². The zero-order valence-electron chi connectivity index (χ0n) is 10.6. The first-order chi connectivity index (χ1) is 8.08. The molecule has 0 saturated carbocycles. The van der Waals surface area contributed by atoms with Crippen LogP contribution in [0.25, 0.3) is 10.8 Å². The molecular formula is C16H17N. The highest BCUT2D eigenvalue weighted by Gasteiger charge is 2.30. The molecule has 1 unspecified atom stereocenters. The molecule has 1 heteroatoms. The lowest BCUT2D eigenvalue weighted by atomic mass is 9.74. The highest BCUT2D eigenvalue weighted by atomic mass is 14.4. The fourth-order valence-corrected chi connectivity index (χ4v) is 2.04. The maximum Gasteiger partial charge on any atom is 0.0817 e. The summed E-state index contributed by atoms with van der Waals surface area (Å²) in [4.78, 5) is 0. The van der Waals surface area contributed by atoms with Crippen molar-refractivity contribution < 1.29 is 0 Å². The molecule has 0 N–H and O–H groups in total. The molecule has 0 radical (unpaired) electrons. The fraction of sp³-hybridized carbons (Fsp3) is 0.312. The van der Waals surface area contributed by atoms with Gasteiger partial charge in [0.1, 0.15) is 0 Å². The highest BCUT2D eigenvalue weighted by Crippen LogP contribution is 2.32. The monoisotopic (exact) mass is 223 g/mol. The second-order valence-corrected chi connectivity index (χ2v) is 5.03. The van der Waals surface area contributed by atoms with E-state index in [4.69, 9.17) is 0 Å². The van der Waals surface area contributed by atoms with Gasteiger partial charge in [-0.25, -0.2) is 0 Å². The van der Waals surface area contributed by atoms with Gasteiger partial charge < -0.3 is 0 Å². The third-order valence-electron chi connectivity index (χ3n) is 3.74. The van der Waals surface area contributed by atoms with Gasteiger partial charge in [0.05, 0.1) is 11.5 Å². The van der Waals surface area contributed by atoms with E-state index in [0.29, 0.717) is 5.92 Å². The van der Waals surface area contributed by atoms with Crippen LogP contribution in [-0.4, -0.2) is 0 Å². The van der Waals surface area contributed by atoms with Gasteiger partial charge in [-0.15, -0.1) is 0 Å². The average molecular weight is 223 g/mol. The summed E-state index contributed by atoms with van der Waals surface area (Å²) in [6, 6.07) is 17.0. The zero-order valence-corrected chi connectivity index (χ0v) is 10.6. The number of rotatable bonds is 2. The van der Waals surface area contributed by atoms with E-state index in [1.165, 1.54) is 10.8 Å². The Kier molecular flexibility index (Phi) is 2.90. The van der Waals surface area contributed by atoms with E-state index >= 15 is 0 Å². The van der Waals surface area contributed by atoms with E-state index in [1.54, 1.807) is 0 Å². The first kappa shape index (κ1) is 11.7. The van der Waals surface area contributed by atoms with Crippen LogP contribution in [0.5, 0.6) is 0 Å². The Morgan fingerprint density at radius 2 is 1.71 bits per heavy atom. The van der Waals surface area contributed by atoms with Crippen LogP contribution in [0.15, 0.2) is 42.5 Å². The van der Waals surface area contributed by atoms with Crippen molar-refractivity contribution in [1.29, 1.82) is 5.26 Å². The van der Waals surface area contributed by atoms with Crippen LogP contribution in [0, 0.1) is 17.2 Å². The van der Waals surface area contributed by atoms with Crippen LogP contribution >= 0.6 is 0 Å². The maximum absolute atomic E-state index is 9.43. The Morgan fingerprint density at radius 1 is 1.06 bits per heavy atom. The molecule has 2 aromatic rings. The minimum atomic E-state index is -0.413. The number of hydrogen-bond donors (Lipinski definition) is 0. The molecule has 1 atom stereocenters. The van der Waals surface area contributed by atoms with Crippen LogP contribution in [0.4, 0.5) is 0 Å². The van der Waals surface area contributed by atoms with Crippen LogP contribution in [-0.2, 0) is 5.41 Å². The molecule has 0 aromatic heterocycles. The van der Waals surface area contributed by atoms with E-state index in [1.807, 2.05) is 19.1 Å². The fourth-order valence-electron chi connectivity index (χ4n) is 2.04. The summed E-state index contributed by atoms with van der Waals surface area (Å²) < 4.78 is 0. The van der Waals surface area contributed by atoms with Crippen molar-refractivity contribution in [2.24, 2.45) is 5.92 Å². The van der Waals surface area contributed by atoms with Crippen LogP contribution in [0.1, 0.15) is 26.3 Å². The molecule has 2 rings (SSSR count). The third-order valence-corrected chi connectivity index (χ3v) is 3.74. The molecule has 0 aliphatic carbocycles. The highest BCUT2D eigenvalue weighted by molar-refractivity contribution is 5.83. The minimum absolute atomic E-state index is 0.300. The summed E-state index contributed by atoms with van der Waals surface area (Å²) in [5, 5.41) is 11.9. The third kappa shape index (κ3) is 1.91. The molecule has 0 heterocycles. The molecule has 0 aliphatic rings. The van der Waals surface area contributed by atoms with Gasteiger partial charge in [-0.1, -0.05) is 50.2 Å². The normalized spacial score (nSPS) is 14.5. The number of nitriles is 1. The van der Waals surface area contributed by atoms with Gasteiger partial charge in [0, 0.05) is 0 Å². The molecule has 86 valence electrons. The lowest BCUT2D eigenvalue weighted by Gasteiger charge is -2.26. The van der Waals surface area contributed by atoms with E-state index in [9.17, 15) is 5.26 Å². The Balaban J connectivity index is 2.61. The molecular weight excluding hydrogens is 206 g/mol. The first-order valence-corrected chi connectivity index (χ1v) is 5.98. The lowest BCUT2D eigenvalue weighted by molar-refractivity contribution is 0.431.